The van der Waals surface area contributed by atoms with Gasteiger partial charge in [-0.2, -0.15) is 0 Å². The second kappa shape index (κ2) is 9.31. The number of aryl methyl sites for hydroxylation is 1. The zero-order valence-corrected chi connectivity index (χ0v) is 18.9. The highest BCUT2D eigenvalue weighted by molar-refractivity contribution is 7.99. The largest absolute Gasteiger partial charge is 0.324 e. The molecular weight excluding hydrogens is 435 g/mol. The average Bonchev–Trinajstić information content (AvgIpc) is 3.19. The number of benzene rings is 1. The van der Waals surface area contributed by atoms with Crippen LogP contribution in [-0.2, 0) is 11.3 Å². The second-order valence-electron chi connectivity index (χ2n) is 6.25. The maximum Gasteiger partial charge on any atom is 0.234 e. The van der Waals surface area contributed by atoms with E-state index in [4.69, 9.17) is 23.2 Å². The Balaban J connectivity index is 1.73. The summed E-state index contributed by atoms with van der Waals surface area (Å²) in [7, 11) is 0. The average molecular weight is 455 g/mol. The molecule has 0 saturated heterocycles. The number of nitrogens with one attached hydrogen (secondary N) is 1. The van der Waals surface area contributed by atoms with Crippen LogP contribution in [-0.4, -0.2) is 26.4 Å². The summed E-state index contributed by atoms with van der Waals surface area (Å²) in [5, 5.41) is 15.3. The van der Waals surface area contributed by atoms with Crippen molar-refractivity contribution in [1.29, 1.82) is 0 Å². The Morgan fingerprint density at radius 1 is 1.29 bits per heavy atom. The fraction of sp³-hybridized carbons (Fsp3) is 0.316. The number of nitrogens with zero attached hydrogens (tertiary/aromatic N) is 3. The summed E-state index contributed by atoms with van der Waals surface area (Å²) in [4.78, 5) is 13.6. The summed E-state index contributed by atoms with van der Waals surface area (Å²) < 4.78 is 2.09. The molecule has 0 bridgehead atoms. The fourth-order valence-electron chi connectivity index (χ4n) is 2.66. The maximum absolute atomic E-state index is 12.3. The highest BCUT2D eigenvalue weighted by atomic mass is 35.5. The van der Waals surface area contributed by atoms with E-state index in [2.05, 4.69) is 46.2 Å². The highest BCUT2D eigenvalue weighted by Crippen LogP contribution is 2.32. The van der Waals surface area contributed by atoms with Gasteiger partial charge in [-0.15, -0.1) is 21.5 Å². The number of halogens is 2. The highest BCUT2D eigenvalue weighted by Gasteiger charge is 2.18. The molecule has 0 radical (unpaired) electrons. The molecule has 9 heteroatoms. The van der Waals surface area contributed by atoms with Crippen LogP contribution in [0.25, 0.3) is 11.4 Å². The van der Waals surface area contributed by atoms with Crippen molar-refractivity contribution in [3.8, 4) is 11.4 Å². The topological polar surface area (TPSA) is 59.8 Å². The Hall–Kier alpha value is -1.54. The molecule has 1 aromatic carbocycles. The van der Waals surface area contributed by atoms with Gasteiger partial charge >= 0.3 is 0 Å². The number of rotatable bonds is 7. The van der Waals surface area contributed by atoms with E-state index in [1.807, 2.05) is 0 Å². The molecule has 2 heterocycles. The van der Waals surface area contributed by atoms with Gasteiger partial charge in [-0.05, 0) is 44.0 Å². The Morgan fingerprint density at radius 2 is 2.07 bits per heavy atom. The lowest BCUT2D eigenvalue weighted by Gasteiger charge is -2.10. The first-order chi connectivity index (χ1) is 13.4. The predicted molar refractivity (Wildman–Crippen MR) is 119 cm³/mol. The van der Waals surface area contributed by atoms with Crippen molar-refractivity contribution in [2.24, 2.45) is 0 Å². The number of hydrogen-bond acceptors (Lipinski definition) is 5. The van der Waals surface area contributed by atoms with Gasteiger partial charge in [0.05, 0.1) is 16.5 Å². The van der Waals surface area contributed by atoms with Gasteiger partial charge in [0.25, 0.3) is 0 Å². The number of anilines is 1. The normalized spacial score (nSPS) is 11.0. The van der Waals surface area contributed by atoms with Crippen LogP contribution in [0.15, 0.2) is 28.7 Å². The monoisotopic (exact) mass is 454 g/mol. The number of carbonyl (C=O) groups is 1. The van der Waals surface area contributed by atoms with Gasteiger partial charge in [-0.3, -0.25) is 4.79 Å². The molecule has 3 rings (SSSR count). The van der Waals surface area contributed by atoms with Gasteiger partial charge < -0.3 is 9.88 Å². The molecule has 0 aliphatic carbocycles. The SMILES string of the molecule is CCCn1c(SCC(=O)Nc2ccc(Cl)cc2Cl)nnc1-c1csc(C)c1C. The third-order valence-corrected chi connectivity index (χ3v) is 6.76. The molecule has 0 atom stereocenters. The first kappa shape index (κ1) is 21.2. The summed E-state index contributed by atoms with van der Waals surface area (Å²) in [6.07, 6.45) is 0.952. The molecule has 5 nitrogen and oxygen atoms in total. The second-order valence-corrected chi connectivity index (χ2v) is 9.12. The first-order valence-electron chi connectivity index (χ1n) is 8.76. The lowest BCUT2D eigenvalue weighted by Crippen LogP contribution is -2.15. The molecule has 3 aromatic rings. The quantitative estimate of drug-likeness (QED) is 0.439. The zero-order valence-electron chi connectivity index (χ0n) is 15.8. The van der Waals surface area contributed by atoms with Crippen LogP contribution in [0.4, 0.5) is 5.69 Å². The lowest BCUT2D eigenvalue weighted by molar-refractivity contribution is -0.113. The van der Waals surface area contributed by atoms with Crippen molar-refractivity contribution in [1.82, 2.24) is 14.8 Å². The van der Waals surface area contributed by atoms with E-state index in [9.17, 15) is 4.79 Å². The van der Waals surface area contributed by atoms with E-state index >= 15 is 0 Å². The molecule has 0 saturated carbocycles. The number of aromatic nitrogens is 3. The maximum atomic E-state index is 12.3. The van der Waals surface area contributed by atoms with Crippen molar-refractivity contribution in [3.05, 3.63) is 44.1 Å². The molecule has 0 aliphatic heterocycles. The molecule has 2 aromatic heterocycles. The Morgan fingerprint density at radius 3 is 2.71 bits per heavy atom. The van der Waals surface area contributed by atoms with E-state index < -0.39 is 0 Å². The molecule has 28 heavy (non-hydrogen) atoms. The molecule has 148 valence electrons. The van der Waals surface area contributed by atoms with Crippen LogP contribution >= 0.6 is 46.3 Å². The predicted octanol–water partition coefficient (Wildman–Crippen LogP) is 6.07. The van der Waals surface area contributed by atoms with Crippen LogP contribution in [0.5, 0.6) is 0 Å². The minimum Gasteiger partial charge on any atom is -0.324 e. The van der Waals surface area contributed by atoms with Crippen LogP contribution in [0.2, 0.25) is 10.0 Å². The summed E-state index contributed by atoms with van der Waals surface area (Å²) in [5.74, 6) is 0.902. The first-order valence-corrected chi connectivity index (χ1v) is 11.4. The third-order valence-electron chi connectivity index (χ3n) is 4.23. The van der Waals surface area contributed by atoms with E-state index in [1.165, 1.54) is 22.2 Å². The lowest BCUT2D eigenvalue weighted by atomic mass is 10.1. The minimum atomic E-state index is -0.163. The van der Waals surface area contributed by atoms with Gasteiger partial charge in [0.2, 0.25) is 5.91 Å². The summed E-state index contributed by atoms with van der Waals surface area (Å²) in [5.41, 5.74) is 2.87. The Bertz CT molecular complexity index is 1000. The number of carbonyl (C=O) groups excluding carboxylic acids is 1. The molecule has 0 unspecified atom stereocenters. The van der Waals surface area contributed by atoms with E-state index in [-0.39, 0.29) is 11.7 Å². The molecule has 1 amide bonds. The van der Waals surface area contributed by atoms with Gasteiger partial charge in [0.15, 0.2) is 11.0 Å². The number of thioether (sulfide) groups is 1. The number of thiophene rings is 1. The van der Waals surface area contributed by atoms with Crippen molar-refractivity contribution in [2.75, 3.05) is 11.1 Å². The summed E-state index contributed by atoms with van der Waals surface area (Å²) >= 11 is 15.1. The fourth-order valence-corrected chi connectivity index (χ4v) is 4.75. The smallest absolute Gasteiger partial charge is 0.234 e. The Labute approximate surface area is 182 Å². The van der Waals surface area contributed by atoms with Crippen LogP contribution in [0.1, 0.15) is 23.8 Å². The summed E-state index contributed by atoms with van der Waals surface area (Å²) in [6, 6.07) is 4.97. The van der Waals surface area contributed by atoms with Crippen LogP contribution in [0.3, 0.4) is 0 Å². The van der Waals surface area contributed by atoms with Crippen molar-refractivity contribution in [3.63, 3.8) is 0 Å². The standard InChI is InChI=1S/C19H20Cl2N4OS2/c1-4-7-25-18(14-9-27-12(3)11(14)2)23-24-19(25)28-10-17(26)22-16-6-5-13(20)8-15(16)21/h5-6,8-9H,4,7,10H2,1-3H3,(H,22,26). The molecule has 0 aliphatic rings. The van der Waals surface area contributed by atoms with Gasteiger partial charge in [-0.1, -0.05) is 41.9 Å². The van der Waals surface area contributed by atoms with Gasteiger partial charge in [0, 0.05) is 27.4 Å². The third kappa shape index (κ3) is 4.71. The molecular formula is C19H20Cl2N4OS2. The van der Waals surface area contributed by atoms with E-state index in [0.717, 1.165) is 29.5 Å². The molecule has 0 spiro atoms. The van der Waals surface area contributed by atoms with Crippen LogP contribution in [0, 0.1) is 13.8 Å². The molecule has 0 fully saturated rings. The van der Waals surface area contributed by atoms with E-state index in [0.29, 0.717) is 15.7 Å². The summed E-state index contributed by atoms with van der Waals surface area (Å²) in [6.45, 7) is 7.11. The van der Waals surface area contributed by atoms with Crippen molar-refractivity contribution in [2.45, 2.75) is 38.9 Å². The van der Waals surface area contributed by atoms with Crippen molar-refractivity contribution < 1.29 is 4.79 Å². The van der Waals surface area contributed by atoms with Gasteiger partial charge in [-0.25, -0.2) is 0 Å². The van der Waals surface area contributed by atoms with E-state index in [1.54, 1.807) is 29.5 Å². The van der Waals surface area contributed by atoms with Crippen molar-refractivity contribution >= 4 is 57.9 Å². The minimum absolute atomic E-state index is 0.163. The number of hydrogen-bond donors (Lipinski definition) is 1. The molecule has 1 N–H and O–H groups in total. The Kier molecular flexibility index (Phi) is 7.04. The van der Waals surface area contributed by atoms with Gasteiger partial charge in [0.1, 0.15) is 0 Å². The number of amides is 1. The van der Waals surface area contributed by atoms with Crippen LogP contribution < -0.4 is 5.32 Å². The zero-order chi connectivity index (χ0) is 20.3.